The Balaban J connectivity index is 2.53. The summed E-state index contributed by atoms with van der Waals surface area (Å²) in [4.78, 5) is 0. The van der Waals surface area contributed by atoms with E-state index in [-0.39, 0.29) is 0 Å². The summed E-state index contributed by atoms with van der Waals surface area (Å²) in [5.41, 5.74) is 3.51. The van der Waals surface area contributed by atoms with E-state index < -0.39 is 17.7 Å². The third kappa shape index (κ3) is 3.12. The maximum Gasteiger partial charge on any atom is 0.126 e. The molecule has 6 heteroatoms. The van der Waals surface area contributed by atoms with Gasteiger partial charge in [-0.3, -0.25) is 5.84 Å². The molecular weight excluding hydrogens is 338 g/mol. The molecule has 1 atom stereocenters. The Morgan fingerprint density at radius 1 is 1.16 bits per heavy atom. The Labute approximate surface area is 122 Å². The average molecular weight is 348 g/mol. The second kappa shape index (κ2) is 5.96. The van der Waals surface area contributed by atoms with Gasteiger partial charge < -0.3 is 0 Å². The topological polar surface area (TPSA) is 38.0 Å². The normalized spacial score (nSPS) is 12.5. The lowest BCUT2D eigenvalue weighted by Gasteiger charge is -2.19. The third-order valence-corrected chi connectivity index (χ3v) is 3.99. The van der Waals surface area contributed by atoms with Crippen LogP contribution in [0.25, 0.3) is 0 Å². The van der Waals surface area contributed by atoms with Gasteiger partial charge in [0.05, 0.1) is 11.1 Å². The fourth-order valence-corrected chi connectivity index (χ4v) is 2.47. The van der Waals surface area contributed by atoms with E-state index in [9.17, 15) is 8.78 Å². The molecular formula is C13H10BrClF2N2. The summed E-state index contributed by atoms with van der Waals surface area (Å²) in [7, 11) is 0. The van der Waals surface area contributed by atoms with Gasteiger partial charge in [0.25, 0.3) is 0 Å². The van der Waals surface area contributed by atoms with Crippen LogP contribution in [0.4, 0.5) is 8.78 Å². The molecule has 0 heterocycles. The third-order valence-electron chi connectivity index (χ3n) is 2.68. The first kappa shape index (κ1) is 14.4. The van der Waals surface area contributed by atoms with Crippen molar-refractivity contribution in [2.24, 2.45) is 5.84 Å². The number of nitrogens with one attached hydrogen (secondary N) is 1. The average Bonchev–Trinajstić information content (AvgIpc) is 2.34. The summed E-state index contributed by atoms with van der Waals surface area (Å²) in [6.07, 6.45) is 0. The minimum Gasteiger partial charge on any atom is -0.271 e. The molecule has 2 rings (SSSR count). The monoisotopic (exact) mass is 346 g/mol. The van der Waals surface area contributed by atoms with Gasteiger partial charge in [0.1, 0.15) is 11.6 Å². The van der Waals surface area contributed by atoms with E-state index >= 15 is 0 Å². The zero-order valence-electron chi connectivity index (χ0n) is 9.63. The number of hydrogen-bond acceptors (Lipinski definition) is 2. The van der Waals surface area contributed by atoms with Crippen LogP contribution >= 0.6 is 27.5 Å². The number of hydrazine groups is 1. The maximum absolute atomic E-state index is 13.3. The van der Waals surface area contributed by atoms with Gasteiger partial charge in [-0.25, -0.2) is 14.2 Å². The highest BCUT2D eigenvalue weighted by atomic mass is 79.9. The maximum atomic E-state index is 13.3. The van der Waals surface area contributed by atoms with Gasteiger partial charge in [0, 0.05) is 10.5 Å². The Hall–Kier alpha value is -1.01. The molecule has 1 unspecified atom stereocenters. The number of hydrogen-bond donors (Lipinski definition) is 2. The van der Waals surface area contributed by atoms with Crippen molar-refractivity contribution in [3.8, 4) is 0 Å². The lowest BCUT2D eigenvalue weighted by Crippen LogP contribution is -2.29. The van der Waals surface area contributed by atoms with E-state index in [2.05, 4.69) is 21.4 Å². The molecule has 100 valence electrons. The number of benzene rings is 2. The molecule has 0 saturated carbocycles. The molecule has 0 radical (unpaired) electrons. The molecule has 2 aromatic carbocycles. The standard InChI is InChI=1S/C13H10BrClF2N2/c14-11-3-1-2-10(12(11)15)13(19-18)7-4-8(16)6-9(17)5-7/h1-6,13,19H,18H2. The van der Waals surface area contributed by atoms with Crippen molar-refractivity contribution >= 4 is 27.5 Å². The first-order valence-electron chi connectivity index (χ1n) is 5.39. The molecule has 0 aromatic heterocycles. The van der Waals surface area contributed by atoms with E-state index in [0.717, 1.165) is 6.07 Å². The van der Waals surface area contributed by atoms with Crippen molar-refractivity contribution in [2.45, 2.75) is 6.04 Å². The molecule has 0 aliphatic carbocycles. The number of halogens is 4. The van der Waals surface area contributed by atoms with Crippen molar-refractivity contribution in [3.63, 3.8) is 0 Å². The van der Waals surface area contributed by atoms with Crippen LogP contribution in [0, 0.1) is 11.6 Å². The molecule has 0 saturated heterocycles. The largest absolute Gasteiger partial charge is 0.271 e. The molecule has 0 fully saturated rings. The lowest BCUT2D eigenvalue weighted by atomic mass is 9.99. The van der Waals surface area contributed by atoms with Crippen LogP contribution < -0.4 is 11.3 Å². The Kier molecular flexibility index (Phi) is 4.52. The second-order valence-electron chi connectivity index (χ2n) is 3.95. The Morgan fingerprint density at radius 3 is 2.37 bits per heavy atom. The quantitative estimate of drug-likeness (QED) is 0.652. The summed E-state index contributed by atoms with van der Waals surface area (Å²) < 4.78 is 27.2. The molecule has 0 aliphatic heterocycles. The lowest BCUT2D eigenvalue weighted by molar-refractivity contribution is 0.566. The first-order chi connectivity index (χ1) is 9.02. The molecule has 2 aromatic rings. The highest BCUT2D eigenvalue weighted by molar-refractivity contribution is 9.10. The fraction of sp³-hybridized carbons (Fsp3) is 0.0769. The minimum absolute atomic E-state index is 0.361. The van der Waals surface area contributed by atoms with E-state index in [1.807, 2.05) is 0 Å². The summed E-state index contributed by atoms with van der Waals surface area (Å²) in [6, 6.07) is 7.90. The molecule has 2 nitrogen and oxygen atoms in total. The predicted molar refractivity (Wildman–Crippen MR) is 74.7 cm³/mol. The van der Waals surface area contributed by atoms with E-state index in [1.165, 1.54) is 12.1 Å². The zero-order valence-corrected chi connectivity index (χ0v) is 12.0. The van der Waals surface area contributed by atoms with Crippen molar-refractivity contribution in [1.29, 1.82) is 0 Å². The van der Waals surface area contributed by atoms with Gasteiger partial charge in [-0.2, -0.15) is 0 Å². The van der Waals surface area contributed by atoms with Crippen molar-refractivity contribution in [2.75, 3.05) is 0 Å². The minimum atomic E-state index is -0.665. The number of rotatable bonds is 3. The van der Waals surface area contributed by atoms with Crippen molar-refractivity contribution in [3.05, 3.63) is 68.7 Å². The van der Waals surface area contributed by atoms with Crippen molar-refractivity contribution < 1.29 is 8.78 Å². The van der Waals surface area contributed by atoms with Crippen LogP contribution in [0.3, 0.4) is 0 Å². The van der Waals surface area contributed by atoms with Crippen LogP contribution in [-0.4, -0.2) is 0 Å². The summed E-state index contributed by atoms with van der Waals surface area (Å²) in [5.74, 6) is 4.16. The van der Waals surface area contributed by atoms with Crippen LogP contribution in [0.5, 0.6) is 0 Å². The molecule has 0 bridgehead atoms. The highest BCUT2D eigenvalue weighted by Crippen LogP contribution is 2.33. The van der Waals surface area contributed by atoms with Crippen LogP contribution in [0.2, 0.25) is 5.02 Å². The van der Waals surface area contributed by atoms with Gasteiger partial charge in [-0.1, -0.05) is 23.7 Å². The predicted octanol–water partition coefficient (Wildman–Crippen LogP) is 3.93. The van der Waals surface area contributed by atoms with Gasteiger partial charge in [-0.15, -0.1) is 0 Å². The Bertz CT molecular complexity index is 587. The molecule has 0 aliphatic rings. The molecule has 0 spiro atoms. The van der Waals surface area contributed by atoms with Gasteiger partial charge in [-0.05, 0) is 45.3 Å². The Morgan fingerprint density at radius 2 is 1.79 bits per heavy atom. The fourth-order valence-electron chi connectivity index (χ4n) is 1.85. The van der Waals surface area contributed by atoms with Gasteiger partial charge >= 0.3 is 0 Å². The summed E-state index contributed by atoms with van der Waals surface area (Å²) >= 11 is 9.46. The van der Waals surface area contributed by atoms with E-state index in [0.29, 0.717) is 20.6 Å². The smallest absolute Gasteiger partial charge is 0.126 e. The van der Waals surface area contributed by atoms with E-state index in [1.54, 1.807) is 18.2 Å². The molecule has 3 N–H and O–H groups in total. The van der Waals surface area contributed by atoms with Crippen LogP contribution in [-0.2, 0) is 0 Å². The zero-order chi connectivity index (χ0) is 14.0. The summed E-state index contributed by atoms with van der Waals surface area (Å²) in [6.45, 7) is 0. The van der Waals surface area contributed by atoms with Gasteiger partial charge in [0.2, 0.25) is 0 Å². The summed E-state index contributed by atoms with van der Waals surface area (Å²) in [5, 5.41) is 0.440. The molecule has 19 heavy (non-hydrogen) atoms. The van der Waals surface area contributed by atoms with Crippen LogP contribution in [0.1, 0.15) is 17.2 Å². The second-order valence-corrected chi connectivity index (χ2v) is 5.18. The highest BCUT2D eigenvalue weighted by Gasteiger charge is 2.18. The van der Waals surface area contributed by atoms with Crippen LogP contribution in [0.15, 0.2) is 40.9 Å². The van der Waals surface area contributed by atoms with Crippen molar-refractivity contribution in [1.82, 2.24) is 5.43 Å². The SMILES string of the molecule is NNC(c1cc(F)cc(F)c1)c1cccc(Br)c1Cl. The molecule has 0 amide bonds. The first-order valence-corrected chi connectivity index (χ1v) is 6.56. The number of nitrogens with two attached hydrogens (primary N) is 1. The van der Waals surface area contributed by atoms with E-state index in [4.69, 9.17) is 17.4 Å². The van der Waals surface area contributed by atoms with Gasteiger partial charge in [0.15, 0.2) is 0 Å².